The zero-order valence-electron chi connectivity index (χ0n) is 16.8. The van der Waals surface area contributed by atoms with Crippen LogP contribution in [0.5, 0.6) is 0 Å². The summed E-state index contributed by atoms with van der Waals surface area (Å²) in [5.41, 5.74) is 4.69. The quantitative estimate of drug-likeness (QED) is 0.663. The Morgan fingerprint density at radius 3 is 1.66 bits per heavy atom. The average Bonchev–Trinajstić information content (AvgIpc) is 2.77. The van der Waals surface area contributed by atoms with Crippen LogP contribution in [-0.4, -0.2) is 36.4 Å². The first-order valence-corrected chi connectivity index (χ1v) is 11.7. The van der Waals surface area contributed by atoms with E-state index in [0.29, 0.717) is 12.8 Å². The molecule has 2 aromatic rings. The lowest BCUT2D eigenvalue weighted by Crippen LogP contribution is -2.36. The molecule has 0 atom stereocenters. The summed E-state index contributed by atoms with van der Waals surface area (Å²) in [4.78, 5) is 29.2. The third-order valence-electron chi connectivity index (χ3n) is 5.74. The number of thioether (sulfide) groups is 1. The first-order chi connectivity index (χ1) is 14.2. The Morgan fingerprint density at radius 1 is 0.724 bits per heavy atom. The normalized spacial score (nSPS) is 15.6. The van der Waals surface area contributed by atoms with Gasteiger partial charge < -0.3 is 9.80 Å². The molecule has 0 spiro atoms. The second-order valence-electron chi connectivity index (χ2n) is 7.67. The van der Waals surface area contributed by atoms with E-state index in [-0.39, 0.29) is 11.8 Å². The molecule has 2 amide bonds. The summed E-state index contributed by atoms with van der Waals surface area (Å²) in [6.07, 6.45) is 5.22. The number of carbonyl (C=O) groups is 2. The van der Waals surface area contributed by atoms with Crippen LogP contribution < -0.4 is 9.80 Å². The summed E-state index contributed by atoms with van der Waals surface area (Å²) in [7, 11) is 0. The monoisotopic (exact) mass is 408 g/mol. The summed E-state index contributed by atoms with van der Waals surface area (Å²) < 4.78 is 0. The summed E-state index contributed by atoms with van der Waals surface area (Å²) >= 11 is 1.71. The van der Waals surface area contributed by atoms with Crippen LogP contribution in [0, 0.1) is 0 Å². The standard InChI is InChI=1S/C24H28N2O2S/c27-23(25-15-5-9-19-7-1-3-11-21(19)25)13-17-29-18-14-24(28)26-16-6-10-20-8-2-4-12-22(20)26/h1-4,7-8,11-12H,5-6,9-10,13-18H2. The molecule has 152 valence electrons. The van der Waals surface area contributed by atoms with Gasteiger partial charge in [-0.15, -0.1) is 0 Å². The van der Waals surface area contributed by atoms with Crippen LogP contribution in [0.4, 0.5) is 11.4 Å². The van der Waals surface area contributed by atoms with Crippen molar-refractivity contribution < 1.29 is 9.59 Å². The Kier molecular flexibility index (Phi) is 6.55. The number of hydrogen-bond acceptors (Lipinski definition) is 3. The molecule has 4 nitrogen and oxygen atoms in total. The maximum Gasteiger partial charge on any atom is 0.227 e. The number of anilines is 2. The van der Waals surface area contributed by atoms with Gasteiger partial charge in [0, 0.05) is 48.8 Å². The second-order valence-corrected chi connectivity index (χ2v) is 8.89. The molecule has 2 heterocycles. The van der Waals surface area contributed by atoms with E-state index in [4.69, 9.17) is 0 Å². The van der Waals surface area contributed by atoms with Crippen molar-refractivity contribution in [1.29, 1.82) is 0 Å². The van der Waals surface area contributed by atoms with Gasteiger partial charge >= 0.3 is 0 Å². The maximum atomic E-state index is 12.7. The number of hydrogen-bond donors (Lipinski definition) is 0. The van der Waals surface area contributed by atoms with Crippen LogP contribution >= 0.6 is 11.8 Å². The smallest absolute Gasteiger partial charge is 0.227 e. The van der Waals surface area contributed by atoms with Crippen molar-refractivity contribution >= 4 is 35.0 Å². The largest absolute Gasteiger partial charge is 0.312 e. The second kappa shape index (κ2) is 9.49. The first kappa shape index (κ1) is 20.0. The lowest BCUT2D eigenvalue weighted by Gasteiger charge is -2.30. The number of rotatable bonds is 6. The van der Waals surface area contributed by atoms with E-state index in [2.05, 4.69) is 24.3 Å². The molecule has 0 bridgehead atoms. The molecule has 29 heavy (non-hydrogen) atoms. The highest BCUT2D eigenvalue weighted by atomic mass is 32.2. The Labute approximate surface area is 177 Å². The Morgan fingerprint density at radius 2 is 1.17 bits per heavy atom. The van der Waals surface area contributed by atoms with E-state index in [1.807, 2.05) is 34.1 Å². The van der Waals surface area contributed by atoms with Gasteiger partial charge in [0.1, 0.15) is 0 Å². The van der Waals surface area contributed by atoms with E-state index >= 15 is 0 Å². The fourth-order valence-electron chi connectivity index (χ4n) is 4.28. The summed E-state index contributed by atoms with van der Waals surface area (Å²) in [5.74, 6) is 1.92. The molecule has 0 radical (unpaired) electrons. The molecular formula is C24H28N2O2S. The van der Waals surface area contributed by atoms with Gasteiger partial charge in [-0.25, -0.2) is 0 Å². The van der Waals surface area contributed by atoms with Crippen LogP contribution in [0.3, 0.4) is 0 Å². The minimum Gasteiger partial charge on any atom is -0.312 e. The van der Waals surface area contributed by atoms with Crippen molar-refractivity contribution in [3.63, 3.8) is 0 Å². The van der Waals surface area contributed by atoms with Gasteiger partial charge in [0.25, 0.3) is 0 Å². The molecule has 0 aliphatic carbocycles. The number of amides is 2. The molecular weight excluding hydrogens is 380 g/mol. The summed E-state index contributed by atoms with van der Waals surface area (Å²) in [5, 5.41) is 0. The van der Waals surface area contributed by atoms with Crippen molar-refractivity contribution in [2.75, 3.05) is 34.4 Å². The van der Waals surface area contributed by atoms with Gasteiger partial charge in [-0.1, -0.05) is 36.4 Å². The predicted molar refractivity (Wildman–Crippen MR) is 121 cm³/mol. The lowest BCUT2D eigenvalue weighted by molar-refractivity contribution is -0.119. The van der Waals surface area contributed by atoms with Gasteiger partial charge in [-0.2, -0.15) is 11.8 Å². The van der Waals surface area contributed by atoms with Gasteiger partial charge in [-0.05, 0) is 48.9 Å². The van der Waals surface area contributed by atoms with E-state index in [0.717, 1.165) is 61.7 Å². The van der Waals surface area contributed by atoms with Crippen LogP contribution in [0.15, 0.2) is 48.5 Å². The fraction of sp³-hybridized carbons (Fsp3) is 0.417. The van der Waals surface area contributed by atoms with E-state index in [1.165, 1.54) is 11.1 Å². The Hall–Kier alpha value is -2.27. The number of para-hydroxylation sites is 2. The zero-order chi connectivity index (χ0) is 20.1. The number of aryl methyl sites for hydroxylation is 2. The highest BCUT2D eigenvalue weighted by molar-refractivity contribution is 7.99. The SMILES string of the molecule is O=C(CCSCCC(=O)N1CCCc2ccccc21)N1CCCc2ccccc21. The molecule has 2 aliphatic heterocycles. The first-order valence-electron chi connectivity index (χ1n) is 10.6. The van der Waals surface area contributed by atoms with Crippen molar-refractivity contribution in [2.45, 2.75) is 38.5 Å². The van der Waals surface area contributed by atoms with E-state index in [9.17, 15) is 9.59 Å². The molecule has 0 aromatic heterocycles. The van der Waals surface area contributed by atoms with Crippen molar-refractivity contribution in [3.8, 4) is 0 Å². The van der Waals surface area contributed by atoms with Gasteiger partial charge in [0.15, 0.2) is 0 Å². The zero-order valence-corrected chi connectivity index (χ0v) is 17.6. The van der Waals surface area contributed by atoms with Crippen LogP contribution in [0.1, 0.15) is 36.8 Å². The molecule has 0 saturated carbocycles. The van der Waals surface area contributed by atoms with Crippen LogP contribution in [-0.2, 0) is 22.4 Å². The number of nitrogens with zero attached hydrogens (tertiary/aromatic N) is 2. The predicted octanol–water partition coefficient (Wildman–Crippen LogP) is 4.46. The van der Waals surface area contributed by atoms with Crippen LogP contribution in [0.25, 0.3) is 0 Å². The van der Waals surface area contributed by atoms with E-state index < -0.39 is 0 Å². The highest BCUT2D eigenvalue weighted by Crippen LogP contribution is 2.28. The van der Waals surface area contributed by atoms with Crippen LogP contribution in [0.2, 0.25) is 0 Å². The average molecular weight is 409 g/mol. The van der Waals surface area contributed by atoms with Gasteiger partial charge in [0.05, 0.1) is 0 Å². The number of benzene rings is 2. The fourth-order valence-corrected chi connectivity index (χ4v) is 5.12. The van der Waals surface area contributed by atoms with Crippen molar-refractivity contribution in [1.82, 2.24) is 0 Å². The molecule has 5 heteroatoms. The van der Waals surface area contributed by atoms with Crippen molar-refractivity contribution in [2.24, 2.45) is 0 Å². The number of carbonyl (C=O) groups excluding carboxylic acids is 2. The Balaban J connectivity index is 1.22. The maximum absolute atomic E-state index is 12.7. The van der Waals surface area contributed by atoms with Gasteiger partial charge in [-0.3, -0.25) is 9.59 Å². The summed E-state index contributed by atoms with van der Waals surface area (Å²) in [6.45, 7) is 1.63. The number of fused-ring (bicyclic) bond motifs is 2. The van der Waals surface area contributed by atoms with Crippen molar-refractivity contribution in [3.05, 3.63) is 59.7 Å². The molecule has 0 saturated heterocycles. The molecule has 0 N–H and O–H groups in total. The summed E-state index contributed by atoms with van der Waals surface area (Å²) in [6, 6.07) is 16.4. The molecule has 2 aromatic carbocycles. The van der Waals surface area contributed by atoms with Gasteiger partial charge in [0.2, 0.25) is 11.8 Å². The lowest BCUT2D eigenvalue weighted by atomic mass is 10.0. The molecule has 0 fully saturated rings. The topological polar surface area (TPSA) is 40.6 Å². The molecule has 4 rings (SSSR count). The minimum atomic E-state index is 0.195. The third-order valence-corrected chi connectivity index (χ3v) is 6.73. The Bertz CT molecular complexity index is 811. The molecule has 2 aliphatic rings. The minimum absolute atomic E-state index is 0.195. The highest BCUT2D eigenvalue weighted by Gasteiger charge is 2.23. The molecule has 0 unspecified atom stereocenters. The third kappa shape index (κ3) is 4.67. The van der Waals surface area contributed by atoms with E-state index in [1.54, 1.807) is 11.8 Å².